The van der Waals surface area contributed by atoms with E-state index in [9.17, 15) is 13.2 Å². The fraction of sp³-hybridized carbons (Fsp3) is 0.450. The second-order valence-electron chi connectivity index (χ2n) is 7.31. The van der Waals surface area contributed by atoms with Crippen LogP contribution in [0, 0.1) is 12.8 Å². The second-order valence-corrected chi connectivity index (χ2v) is 9.33. The van der Waals surface area contributed by atoms with Crippen molar-refractivity contribution >= 4 is 21.6 Å². The molecule has 1 aliphatic carbocycles. The molecular weight excluding hydrogens is 362 g/mol. The molecule has 1 aliphatic rings. The quantitative estimate of drug-likeness (QED) is 0.819. The molecule has 1 saturated carbocycles. The summed E-state index contributed by atoms with van der Waals surface area (Å²) >= 11 is 0. The molecule has 1 N–H and O–H groups in total. The summed E-state index contributed by atoms with van der Waals surface area (Å²) in [4.78, 5) is 21.6. The fourth-order valence-electron chi connectivity index (χ4n) is 3.59. The topological polar surface area (TPSA) is 89.0 Å². The van der Waals surface area contributed by atoms with Gasteiger partial charge in [-0.3, -0.25) is 9.78 Å². The number of anilines is 1. The van der Waals surface area contributed by atoms with Crippen LogP contribution in [0.1, 0.15) is 49.3 Å². The molecule has 1 amide bonds. The molecule has 0 saturated heterocycles. The molecule has 0 bridgehead atoms. The van der Waals surface area contributed by atoms with Gasteiger partial charge in [-0.05, 0) is 37.0 Å². The molecule has 6 nitrogen and oxygen atoms in total. The maximum Gasteiger partial charge on any atom is 0.233 e. The molecule has 2 aromatic rings. The lowest BCUT2D eigenvalue weighted by molar-refractivity contribution is -0.118. The maximum atomic E-state index is 13.0. The van der Waals surface area contributed by atoms with Crippen molar-refractivity contribution in [1.29, 1.82) is 0 Å². The first-order valence-corrected chi connectivity index (χ1v) is 11.1. The molecule has 3 rings (SSSR count). The number of nitrogens with zero attached hydrogens (tertiary/aromatic N) is 2. The van der Waals surface area contributed by atoms with Crippen LogP contribution in [-0.2, 0) is 14.6 Å². The monoisotopic (exact) mass is 387 g/mol. The van der Waals surface area contributed by atoms with E-state index in [2.05, 4.69) is 15.3 Å². The Bertz CT molecular complexity index is 887. The van der Waals surface area contributed by atoms with Crippen molar-refractivity contribution < 1.29 is 13.2 Å². The summed E-state index contributed by atoms with van der Waals surface area (Å²) in [5, 5.41) is 2.86. The highest BCUT2D eigenvalue weighted by molar-refractivity contribution is 7.90. The van der Waals surface area contributed by atoms with Gasteiger partial charge in [-0.2, -0.15) is 0 Å². The number of nitrogens with one attached hydrogen (secondary N) is 1. The van der Waals surface area contributed by atoms with E-state index in [-0.39, 0.29) is 16.7 Å². The van der Waals surface area contributed by atoms with E-state index in [1.165, 1.54) is 19.1 Å². The Kier molecular flexibility index (Phi) is 5.89. The Morgan fingerprint density at radius 1 is 1.15 bits per heavy atom. The van der Waals surface area contributed by atoms with Gasteiger partial charge in [0.05, 0.1) is 28.9 Å². The van der Waals surface area contributed by atoms with Crippen molar-refractivity contribution in [2.45, 2.75) is 49.8 Å². The van der Waals surface area contributed by atoms with Crippen molar-refractivity contribution in [2.24, 2.45) is 5.92 Å². The largest absolute Gasteiger partial charge is 0.309 e. The number of carbonyl (C=O) groups excluding carboxylic acids is 1. The number of carbonyl (C=O) groups is 1. The van der Waals surface area contributed by atoms with Gasteiger partial charge in [0, 0.05) is 6.26 Å². The normalized spacial score (nSPS) is 16.2. The maximum absolute atomic E-state index is 13.0. The third-order valence-corrected chi connectivity index (χ3v) is 6.23. The first-order chi connectivity index (χ1) is 12.8. The van der Waals surface area contributed by atoms with Crippen molar-refractivity contribution in [3.63, 3.8) is 0 Å². The van der Waals surface area contributed by atoms with Crippen molar-refractivity contribution in [3.8, 4) is 0 Å². The molecule has 0 spiro atoms. The molecule has 0 aliphatic heterocycles. The first kappa shape index (κ1) is 19.5. The van der Waals surface area contributed by atoms with Gasteiger partial charge in [-0.25, -0.2) is 13.4 Å². The van der Waals surface area contributed by atoms with Crippen LogP contribution in [0.2, 0.25) is 0 Å². The number of hydrogen-bond acceptors (Lipinski definition) is 5. The Hall–Kier alpha value is -2.28. The minimum Gasteiger partial charge on any atom is -0.309 e. The average Bonchev–Trinajstić information content (AvgIpc) is 3.14. The van der Waals surface area contributed by atoms with E-state index in [1.54, 1.807) is 36.7 Å². The van der Waals surface area contributed by atoms with Gasteiger partial charge in [0.1, 0.15) is 0 Å². The van der Waals surface area contributed by atoms with Crippen LogP contribution in [0.3, 0.4) is 0 Å². The summed E-state index contributed by atoms with van der Waals surface area (Å²) in [6.45, 7) is 1.84. The second kappa shape index (κ2) is 8.17. The van der Waals surface area contributed by atoms with Crippen LogP contribution in [0.25, 0.3) is 0 Å². The molecule has 0 unspecified atom stereocenters. The van der Waals surface area contributed by atoms with E-state index in [0.29, 0.717) is 11.7 Å². The minimum atomic E-state index is -3.26. The fourth-order valence-corrected chi connectivity index (χ4v) is 4.22. The van der Waals surface area contributed by atoms with Crippen LogP contribution < -0.4 is 5.32 Å². The van der Waals surface area contributed by atoms with Crippen LogP contribution >= 0.6 is 0 Å². The van der Waals surface area contributed by atoms with Gasteiger partial charge in [0.15, 0.2) is 15.7 Å². The summed E-state index contributed by atoms with van der Waals surface area (Å²) in [6, 6.07) is 6.64. The SMILES string of the molecule is Cc1cnc(NC(=O)[C@H](CC2CCCC2)c2ccc(S(C)(=O)=O)cc2)cn1. The molecule has 1 atom stereocenters. The van der Waals surface area contributed by atoms with Gasteiger partial charge < -0.3 is 5.32 Å². The lowest BCUT2D eigenvalue weighted by atomic mass is 9.87. The number of amides is 1. The minimum absolute atomic E-state index is 0.132. The zero-order chi connectivity index (χ0) is 19.4. The molecule has 1 heterocycles. The summed E-state index contributed by atoms with van der Waals surface area (Å²) in [6.07, 6.45) is 9.77. The van der Waals surface area contributed by atoms with Crippen LogP contribution in [0.4, 0.5) is 5.82 Å². The number of aryl methyl sites for hydroxylation is 1. The van der Waals surface area contributed by atoms with Gasteiger partial charge >= 0.3 is 0 Å². The number of hydrogen-bond donors (Lipinski definition) is 1. The Labute approximate surface area is 160 Å². The molecule has 1 fully saturated rings. The van der Waals surface area contributed by atoms with Crippen LogP contribution in [-0.4, -0.2) is 30.5 Å². The van der Waals surface area contributed by atoms with Crippen molar-refractivity contribution in [1.82, 2.24) is 9.97 Å². The predicted octanol–water partition coefficient (Wildman–Crippen LogP) is 3.49. The lowest BCUT2D eigenvalue weighted by Crippen LogP contribution is -2.23. The summed E-state index contributed by atoms with van der Waals surface area (Å²) in [5.74, 6) is 0.464. The predicted molar refractivity (Wildman–Crippen MR) is 104 cm³/mol. The Morgan fingerprint density at radius 2 is 1.81 bits per heavy atom. The van der Waals surface area contributed by atoms with E-state index in [0.717, 1.165) is 30.5 Å². The molecule has 7 heteroatoms. The van der Waals surface area contributed by atoms with E-state index in [1.807, 2.05) is 6.92 Å². The summed E-state index contributed by atoms with van der Waals surface area (Å²) in [5.41, 5.74) is 1.61. The molecule has 0 radical (unpaired) electrons. The molecule has 27 heavy (non-hydrogen) atoms. The molecule has 1 aromatic carbocycles. The Balaban J connectivity index is 1.83. The Morgan fingerprint density at radius 3 is 2.37 bits per heavy atom. The summed E-state index contributed by atoms with van der Waals surface area (Å²) in [7, 11) is -3.26. The van der Waals surface area contributed by atoms with Gasteiger partial charge in [-0.15, -0.1) is 0 Å². The average molecular weight is 388 g/mol. The van der Waals surface area contributed by atoms with E-state index in [4.69, 9.17) is 0 Å². The highest BCUT2D eigenvalue weighted by atomic mass is 32.2. The highest BCUT2D eigenvalue weighted by Gasteiger charge is 2.27. The third kappa shape index (κ3) is 5.13. The smallest absolute Gasteiger partial charge is 0.233 e. The zero-order valence-corrected chi connectivity index (χ0v) is 16.5. The summed E-state index contributed by atoms with van der Waals surface area (Å²) < 4.78 is 23.4. The first-order valence-electron chi connectivity index (χ1n) is 9.22. The van der Waals surface area contributed by atoms with Gasteiger partial charge in [0.25, 0.3) is 0 Å². The van der Waals surface area contributed by atoms with E-state index >= 15 is 0 Å². The number of sulfone groups is 1. The van der Waals surface area contributed by atoms with E-state index < -0.39 is 9.84 Å². The number of aromatic nitrogens is 2. The van der Waals surface area contributed by atoms with Crippen molar-refractivity contribution in [2.75, 3.05) is 11.6 Å². The van der Waals surface area contributed by atoms with Gasteiger partial charge in [-0.1, -0.05) is 37.8 Å². The highest BCUT2D eigenvalue weighted by Crippen LogP contribution is 2.35. The lowest BCUT2D eigenvalue weighted by Gasteiger charge is -2.20. The zero-order valence-electron chi connectivity index (χ0n) is 15.7. The molecular formula is C20H25N3O3S. The standard InChI is InChI=1S/C20H25N3O3S/c1-14-12-22-19(13-21-14)23-20(24)18(11-15-5-3-4-6-15)16-7-9-17(10-8-16)27(2,25)26/h7-10,12-13,15,18H,3-6,11H2,1-2H3,(H,22,23,24)/t18-/m1/s1. The van der Waals surface area contributed by atoms with Crippen LogP contribution in [0.5, 0.6) is 0 Å². The third-order valence-electron chi connectivity index (χ3n) is 5.10. The number of rotatable bonds is 6. The van der Waals surface area contributed by atoms with Gasteiger partial charge in [0.2, 0.25) is 5.91 Å². The number of benzene rings is 1. The van der Waals surface area contributed by atoms with Crippen LogP contribution in [0.15, 0.2) is 41.6 Å². The molecule has 1 aromatic heterocycles. The molecule has 144 valence electrons. The van der Waals surface area contributed by atoms with Crippen molar-refractivity contribution in [3.05, 3.63) is 47.9 Å².